The lowest BCUT2D eigenvalue weighted by Gasteiger charge is -2.42. The molecular formula is C18H26N4O2. The highest BCUT2D eigenvalue weighted by Gasteiger charge is 2.50. The van der Waals surface area contributed by atoms with E-state index < -0.39 is 0 Å². The molecule has 6 nitrogen and oxygen atoms in total. The summed E-state index contributed by atoms with van der Waals surface area (Å²) < 4.78 is 0. The van der Waals surface area contributed by atoms with Crippen LogP contribution in [0, 0.1) is 5.41 Å². The van der Waals surface area contributed by atoms with Gasteiger partial charge < -0.3 is 14.8 Å². The summed E-state index contributed by atoms with van der Waals surface area (Å²) in [5.74, 6) is 0.416. The summed E-state index contributed by atoms with van der Waals surface area (Å²) in [6.45, 7) is 2.21. The number of carbonyl (C=O) groups excluding carboxylic acids is 2. The van der Waals surface area contributed by atoms with Crippen molar-refractivity contribution in [3.8, 4) is 0 Å². The average Bonchev–Trinajstić information content (AvgIpc) is 3.32. The van der Waals surface area contributed by atoms with Gasteiger partial charge >= 0.3 is 0 Å². The fourth-order valence-corrected chi connectivity index (χ4v) is 4.79. The zero-order valence-electron chi connectivity index (χ0n) is 14.2. The summed E-state index contributed by atoms with van der Waals surface area (Å²) >= 11 is 0. The molecular weight excluding hydrogens is 304 g/mol. The van der Waals surface area contributed by atoms with Crippen LogP contribution < -0.4 is 0 Å². The third kappa shape index (κ3) is 2.72. The zero-order chi connectivity index (χ0) is 16.6. The van der Waals surface area contributed by atoms with E-state index in [0.717, 1.165) is 44.3 Å². The molecule has 2 aliphatic heterocycles. The van der Waals surface area contributed by atoms with Gasteiger partial charge in [-0.15, -0.1) is 0 Å². The molecule has 4 rings (SSSR count). The number of aromatic nitrogens is 2. The van der Waals surface area contributed by atoms with Crippen LogP contribution in [-0.4, -0.2) is 57.3 Å². The average molecular weight is 330 g/mol. The van der Waals surface area contributed by atoms with Gasteiger partial charge in [-0.05, 0) is 32.1 Å². The van der Waals surface area contributed by atoms with E-state index in [9.17, 15) is 9.59 Å². The predicted molar refractivity (Wildman–Crippen MR) is 89.1 cm³/mol. The Bertz CT molecular complexity index is 609. The summed E-state index contributed by atoms with van der Waals surface area (Å²) in [5, 5.41) is 0. The molecule has 130 valence electrons. The van der Waals surface area contributed by atoms with Crippen LogP contribution in [-0.2, 0) is 16.0 Å². The minimum absolute atomic E-state index is 0.0990. The molecule has 1 atom stereocenters. The molecule has 1 aromatic heterocycles. The van der Waals surface area contributed by atoms with Gasteiger partial charge in [0, 0.05) is 37.6 Å². The Hall–Kier alpha value is -1.85. The maximum Gasteiger partial charge on any atom is 0.230 e. The highest BCUT2D eigenvalue weighted by atomic mass is 16.2. The fourth-order valence-electron chi connectivity index (χ4n) is 4.79. The first-order valence-electron chi connectivity index (χ1n) is 9.24. The normalized spacial score (nSPS) is 28.2. The van der Waals surface area contributed by atoms with Gasteiger partial charge in [0.25, 0.3) is 0 Å². The highest BCUT2D eigenvalue weighted by Crippen LogP contribution is 2.42. The van der Waals surface area contributed by atoms with Crippen LogP contribution in [0.3, 0.4) is 0 Å². The van der Waals surface area contributed by atoms with Gasteiger partial charge in [0.15, 0.2) is 0 Å². The maximum absolute atomic E-state index is 13.2. The van der Waals surface area contributed by atoms with Crippen molar-refractivity contribution in [1.29, 1.82) is 0 Å². The van der Waals surface area contributed by atoms with E-state index in [1.807, 2.05) is 4.90 Å². The largest absolute Gasteiger partial charge is 0.348 e. The Labute approximate surface area is 142 Å². The smallest absolute Gasteiger partial charge is 0.230 e. The second kappa shape index (κ2) is 6.22. The third-order valence-electron chi connectivity index (χ3n) is 6.14. The molecule has 1 N–H and O–H groups in total. The quantitative estimate of drug-likeness (QED) is 0.918. The first-order chi connectivity index (χ1) is 11.7. The summed E-state index contributed by atoms with van der Waals surface area (Å²) in [6.07, 6.45) is 11.3. The van der Waals surface area contributed by atoms with Gasteiger partial charge in [-0.25, -0.2) is 4.98 Å². The van der Waals surface area contributed by atoms with E-state index in [2.05, 4.69) is 14.9 Å². The highest BCUT2D eigenvalue weighted by molar-refractivity contribution is 5.86. The van der Waals surface area contributed by atoms with Gasteiger partial charge in [-0.2, -0.15) is 0 Å². The lowest BCUT2D eigenvalue weighted by molar-refractivity contribution is -0.148. The van der Waals surface area contributed by atoms with E-state index in [-0.39, 0.29) is 11.3 Å². The second-order valence-corrected chi connectivity index (χ2v) is 7.64. The van der Waals surface area contributed by atoms with Crippen LogP contribution >= 0.6 is 0 Å². The van der Waals surface area contributed by atoms with Gasteiger partial charge in [0.05, 0.1) is 18.2 Å². The van der Waals surface area contributed by atoms with E-state index in [0.29, 0.717) is 31.5 Å². The molecule has 6 heteroatoms. The van der Waals surface area contributed by atoms with Gasteiger partial charge in [0.1, 0.15) is 0 Å². The number of piperidine rings is 1. The van der Waals surface area contributed by atoms with Crippen molar-refractivity contribution in [2.75, 3.05) is 19.6 Å². The molecule has 0 bridgehead atoms. The lowest BCUT2D eigenvalue weighted by Crippen LogP contribution is -2.53. The molecule has 0 radical (unpaired) electrons. The van der Waals surface area contributed by atoms with Crippen LogP contribution in [0.4, 0.5) is 0 Å². The van der Waals surface area contributed by atoms with Crippen molar-refractivity contribution in [3.05, 3.63) is 18.2 Å². The predicted octanol–water partition coefficient (Wildman–Crippen LogP) is 1.74. The minimum Gasteiger partial charge on any atom is -0.348 e. The third-order valence-corrected chi connectivity index (χ3v) is 6.14. The Morgan fingerprint density at radius 1 is 1.25 bits per heavy atom. The summed E-state index contributed by atoms with van der Waals surface area (Å²) in [6, 6.07) is 0.449. The Kier molecular flexibility index (Phi) is 4.06. The fraction of sp³-hybridized carbons (Fsp3) is 0.722. The van der Waals surface area contributed by atoms with Crippen molar-refractivity contribution in [1.82, 2.24) is 19.8 Å². The van der Waals surface area contributed by atoms with Crippen LogP contribution in [0.15, 0.2) is 12.5 Å². The van der Waals surface area contributed by atoms with E-state index >= 15 is 0 Å². The van der Waals surface area contributed by atoms with Crippen molar-refractivity contribution < 1.29 is 9.59 Å². The number of amides is 2. The molecule has 1 aliphatic carbocycles. The van der Waals surface area contributed by atoms with Gasteiger partial charge in [-0.3, -0.25) is 9.59 Å². The number of nitrogens with zero attached hydrogens (tertiary/aromatic N) is 3. The maximum atomic E-state index is 13.2. The molecule has 3 heterocycles. The van der Waals surface area contributed by atoms with Crippen molar-refractivity contribution in [2.45, 2.75) is 57.4 Å². The SMILES string of the molecule is O=C(Cc1cnc[nH]1)N1CC[C@]2(CCCN(C3CCCC3)C2=O)C1. The molecule has 1 aromatic rings. The summed E-state index contributed by atoms with van der Waals surface area (Å²) in [7, 11) is 0. The molecule has 1 spiro atoms. The van der Waals surface area contributed by atoms with E-state index in [4.69, 9.17) is 0 Å². The number of hydrogen-bond donors (Lipinski definition) is 1. The topological polar surface area (TPSA) is 69.3 Å². The Morgan fingerprint density at radius 2 is 2.08 bits per heavy atom. The molecule has 2 amide bonds. The van der Waals surface area contributed by atoms with Crippen molar-refractivity contribution in [3.63, 3.8) is 0 Å². The van der Waals surface area contributed by atoms with Crippen LogP contribution in [0.1, 0.15) is 50.6 Å². The summed E-state index contributed by atoms with van der Waals surface area (Å²) in [4.78, 5) is 36.7. The number of imidazole rings is 1. The number of carbonyl (C=O) groups is 2. The Morgan fingerprint density at radius 3 is 2.83 bits per heavy atom. The number of rotatable bonds is 3. The molecule has 0 aromatic carbocycles. The molecule has 24 heavy (non-hydrogen) atoms. The monoisotopic (exact) mass is 330 g/mol. The number of aromatic amines is 1. The number of likely N-dealkylation sites (tertiary alicyclic amines) is 2. The minimum atomic E-state index is -0.315. The van der Waals surface area contributed by atoms with Crippen molar-refractivity contribution in [2.24, 2.45) is 5.41 Å². The van der Waals surface area contributed by atoms with E-state index in [1.54, 1.807) is 12.5 Å². The lowest BCUT2D eigenvalue weighted by atomic mass is 9.77. The number of hydrogen-bond acceptors (Lipinski definition) is 3. The first kappa shape index (κ1) is 15.7. The number of H-pyrrole nitrogens is 1. The Balaban J connectivity index is 1.43. The molecule has 3 fully saturated rings. The molecule has 1 saturated carbocycles. The van der Waals surface area contributed by atoms with Gasteiger partial charge in [0.2, 0.25) is 11.8 Å². The number of nitrogens with one attached hydrogen (secondary N) is 1. The molecule has 2 saturated heterocycles. The first-order valence-corrected chi connectivity index (χ1v) is 9.24. The van der Waals surface area contributed by atoms with Crippen LogP contribution in [0.2, 0.25) is 0 Å². The second-order valence-electron chi connectivity index (χ2n) is 7.64. The standard InChI is InChI=1S/C18H26N4O2/c23-16(10-14-11-19-13-20-14)21-9-7-18(12-21)6-3-8-22(17(18)24)15-4-1-2-5-15/h11,13,15H,1-10,12H2,(H,19,20)/t18-/m1/s1. The van der Waals surface area contributed by atoms with E-state index in [1.165, 1.54) is 12.8 Å². The van der Waals surface area contributed by atoms with Crippen LogP contribution in [0.5, 0.6) is 0 Å². The van der Waals surface area contributed by atoms with Crippen molar-refractivity contribution >= 4 is 11.8 Å². The molecule has 3 aliphatic rings. The molecule has 0 unspecified atom stereocenters. The zero-order valence-corrected chi connectivity index (χ0v) is 14.2. The summed E-state index contributed by atoms with van der Waals surface area (Å²) in [5.41, 5.74) is 0.522. The van der Waals surface area contributed by atoms with Gasteiger partial charge in [-0.1, -0.05) is 12.8 Å². The van der Waals surface area contributed by atoms with Crippen LogP contribution in [0.25, 0.3) is 0 Å².